The van der Waals surface area contributed by atoms with Gasteiger partial charge in [-0.2, -0.15) is 0 Å². The Balaban J connectivity index is 1.78. The Bertz CT molecular complexity index is 692. The van der Waals surface area contributed by atoms with Crippen molar-refractivity contribution in [2.24, 2.45) is 0 Å². The molecule has 1 N–H and O–H groups in total. The molecule has 0 saturated carbocycles. The Kier molecular flexibility index (Phi) is 4.32. The maximum absolute atomic E-state index is 9.82. The van der Waals surface area contributed by atoms with E-state index >= 15 is 0 Å². The van der Waals surface area contributed by atoms with E-state index in [2.05, 4.69) is 5.16 Å². The normalized spacial score (nSPS) is 20.3. The van der Waals surface area contributed by atoms with Gasteiger partial charge in [-0.05, 0) is 39.6 Å². The van der Waals surface area contributed by atoms with Crippen LogP contribution in [0.1, 0.15) is 52.8 Å². The van der Waals surface area contributed by atoms with Gasteiger partial charge >= 0.3 is 7.12 Å². The third-order valence-electron chi connectivity index (χ3n) is 4.98. The van der Waals surface area contributed by atoms with E-state index in [0.717, 1.165) is 11.0 Å². The van der Waals surface area contributed by atoms with Crippen LogP contribution >= 0.6 is 0 Å². The van der Waals surface area contributed by atoms with E-state index < -0.39 is 6.10 Å². The van der Waals surface area contributed by atoms with Crippen molar-refractivity contribution in [2.45, 2.75) is 58.3 Å². The second-order valence-electron chi connectivity index (χ2n) is 7.25. The summed E-state index contributed by atoms with van der Waals surface area (Å²) in [5.41, 5.74) is 1.71. The van der Waals surface area contributed by atoms with Crippen molar-refractivity contribution in [1.82, 2.24) is 5.16 Å². The third-order valence-corrected chi connectivity index (χ3v) is 4.98. The standard InChI is InChI=1S/C18H24BNO4/c1-6-15(21)14-11-16(22-20-14)12-7-9-13(10-8-12)19-23-17(2,3)18(4,5)24-19/h7-11,15,21H,6H2,1-5H3. The van der Waals surface area contributed by atoms with Gasteiger partial charge in [-0.15, -0.1) is 0 Å². The molecule has 1 aromatic carbocycles. The summed E-state index contributed by atoms with van der Waals surface area (Å²) in [6, 6.07) is 9.61. The predicted octanol–water partition coefficient (Wildman–Crippen LogP) is 3.08. The maximum Gasteiger partial charge on any atom is 0.494 e. The smallest absolute Gasteiger partial charge is 0.399 e. The summed E-state index contributed by atoms with van der Waals surface area (Å²) >= 11 is 0. The van der Waals surface area contributed by atoms with Crippen molar-refractivity contribution >= 4 is 12.6 Å². The first-order chi connectivity index (χ1) is 11.2. The van der Waals surface area contributed by atoms with Gasteiger partial charge in [0.2, 0.25) is 0 Å². The van der Waals surface area contributed by atoms with Gasteiger partial charge in [0.1, 0.15) is 5.69 Å². The van der Waals surface area contributed by atoms with Crippen LogP contribution in [0.3, 0.4) is 0 Å². The van der Waals surface area contributed by atoms with Gasteiger partial charge in [0.05, 0.1) is 17.3 Å². The minimum absolute atomic E-state index is 0.355. The largest absolute Gasteiger partial charge is 0.494 e. The van der Waals surface area contributed by atoms with Crippen molar-refractivity contribution in [3.63, 3.8) is 0 Å². The summed E-state index contributed by atoms with van der Waals surface area (Å²) in [4.78, 5) is 0. The highest BCUT2D eigenvalue weighted by molar-refractivity contribution is 6.62. The van der Waals surface area contributed by atoms with Crippen molar-refractivity contribution in [1.29, 1.82) is 0 Å². The molecule has 1 aliphatic heterocycles. The lowest BCUT2D eigenvalue weighted by atomic mass is 9.79. The average molecular weight is 329 g/mol. The fraction of sp³-hybridized carbons (Fsp3) is 0.500. The molecule has 1 atom stereocenters. The van der Waals surface area contributed by atoms with E-state index in [-0.39, 0.29) is 18.3 Å². The van der Waals surface area contributed by atoms with E-state index in [4.69, 9.17) is 13.8 Å². The van der Waals surface area contributed by atoms with Gasteiger partial charge < -0.3 is 18.9 Å². The number of benzene rings is 1. The Labute approximate surface area is 143 Å². The molecule has 1 unspecified atom stereocenters. The molecule has 0 bridgehead atoms. The Morgan fingerprint density at radius 3 is 2.21 bits per heavy atom. The minimum Gasteiger partial charge on any atom is -0.399 e. The highest BCUT2D eigenvalue weighted by Gasteiger charge is 2.51. The van der Waals surface area contributed by atoms with Crippen LogP contribution in [0.4, 0.5) is 0 Å². The van der Waals surface area contributed by atoms with Crippen LogP contribution in [-0.2, 0) is 9.31 Å². The highest BCUT2D eigenvalue weighted by atomic mass is 16.7. The lowest BCUT2D eigenvalue weighted by molar-refractivity contribution is 0.00578. The van der Waals surface area contributed by atoms with Crippen LogP contribution in [0.25, 0.3) is 11.3 Å². The Morgan fingerprint density at radius 1 is 1.08 bits per heavy atom. The van der Waals surface area contributed by atoms with Crippen molar-refractivity contribution in [3.8, 4) is 11.3 Å². The Morgan fingerprint density at radius 2 is 1.67 bits per heavy atom. The van der Waals surface area contributed by atoms with Gasteiger partial charge in [-0.1, -0.05) is 36.3 Å². The molecular weight excluding hydrogens is 305 g/mol. The number of aliphatic hydroxyl groups is 1. The molecule has 6 heteroatoms. The summed E-state index contributed by atoms with van der Waals surface area (Å²) in [5, 5.41) is 13.7. The maximum atomic E-state index is 9.82. The monoisotopic (exact) mass is 329 g/mol. The van der Waals surface area contributed by atoms with Crippen LogP contribution in [0.5, 0.6) is 0 Å². The molecule has 1 saturated heterocycles. The molecule has 2 aromatic rings. The lowest BCUT2D eigenvalue weighted by Gasteiger charge is -2.32. The van der Waals surface area contributed by atoms with Crippen molar-refractivity contribution < 1.29 is 18.9 Å². The molecule has 1 aromatic heterocycles. The SMILES string of the molecule is CCC(O)c1cc(-c2ccc(B3OC(C)(C)C(C)(C)O3)cc2)on1. The van der Waals surface area contributed by atoms with Gasteiger partial charge in [0, 0.05) is 11.6 Å². The van der Waals surface area contributed by atoms with Gasteiger partial charge in [0.15, 0.2) is 5.76 Å². The second-order valence-corrected chi connectivity index (χ2v) is 7.25. The second kappa shape index (κ2) is 6.03. The van der Waals surface area contributed by atoms with Crippen LogP contribution < -0.4 is 5.46 Å². The fourth-order valence-electron chi connectivity index (χ4n) is 2.57. The van der Waals surface area contributed by atoms with Gasteiger partial charge in [0.25, 0.3) is 0 Å². The van der Waals surface area contributed by atoms with Crippen LogP contribution in [0.2, 0.25) is 0 Å². The molecule has 24 heavy (non-hydrogen) atoms. The summed E-state index contributed by atoms with van der Waals surface area (Å²) in [5.74, 6) is 0.637. The van der Waals surface area contributed by atoms with Crippen LogP contribution in [0, 0.1) is 0 Å². The Hall–Kier alpha value is -1.63. The van der Waals surface area contributed by atoms with E-state index in [1.807, 2.05) is 58.9 Å². The number of hydrogen-bond donors (Lipinski definition) is 1. The van der Waals surface area contributed by atoms with E-state index in [9.17, 15) is 5.11 Å². The molecule has 0 aliphatic carbocycles. The van der Waals surface area contributed by atoms with Gasteiger partial charge in [-0.3, -0.25) is 0 Å². The predicted molar refractivity (Wildman–Crippen MR) is 92.9 cm³/mol. The summed E-state index contributed by atoms with van der Waals surface area (Å²) in [6.07, 6.45) is 0.0128. The van der Waals surface area contributed by atoms with Crippen molar-refractivity contribution in [3.05, 3.63) is 36.0 Å². The summed E-state index contributed by atoms with van der Waals surface area (Å²) < 4.78 is 17.4. The number of aliphatic hydroxyl groups excluding tert-OH is 1. The molecule has 2 heterocycles. The van der Waals surface area contributed by atoms with E-state index in [1.165, 1.54) is 0 Å². The minimum atomic E-state index is -0.591. The molecular formula is C18H24BNO4. The summed E-state index contributed by atoms with van der Waals surface area (Å²) in [6.45, 7) is 10.1. The van der Waals surface area contributed by atoms with Crippen molar-refractivity contribution in [2.75, 3.05) is 0 Å². The first-order valence-electron chi connectivity index (χ1n) is 8.34. The zero-order chi connectivity index (χ0) is 17.5. The topological polar surface area (TPSA) is 64.7 Å². The van der Waals surface area contributed by atoms with Crippen LogP contribution in [-0.4, -0.2) is 28.6 Å². The number of nitrogens with zero attached hydrogens (tertiary/aromatic N) is 1. The number of rotatable bonds is 4. The molecule has 1 aliphatic rings. The molecule has 5 nitrogen and oxygen atoms in total. The van der Waals surface area contributed by atoms with E-state index in [1.54, 1.807) is 6.07 Å². The quantitative estimate of drug-likeness (QED) is 0.873. The number of hydrogen-bond acceptors (Lipinski definition) is 5. The lowest BCUT2D eigenvalue weighted by Crippen LogP contribution is -2.41. The highest BCUT2D eigenvalue weighted by Crippen LogP contribution is 2.36. The molecule has 3 rings (SSSR count). The first kappa shape index (κ1) is 17.2. The zero-order valence-electron chi connectivity index (χ0n) is 14.9. The molecule has 1 fully saturated rings. The zero-order valence-corrected chi connectivity index (χ0v) is 14.9. The molecule has 0 radical (unpaired) electrons. The van der Waals surface area contributed by atoms with Crippen LogP contribution in [0.15, 0.2) is 34.9 Å². The summed E-state index contributed by atoms with van der Waals surface area (Å²) in [7, 11) is -0.378. The fourth-order valence-corrected chi connectivity index (χ4v) is 2.57. The molecule has 128 valence electrons. The molecule has 0 amide bonds. The third kappa shape index (κ3) is 3.01. The van der Waals surface area contributed by atoms with E-state index in [0.29, 0.717) is 17.9 Å². The van der Waals surface area contributed by atoms with Gasteiger partial charge in [-0.25, -0.2) is 0 Å². The average Bonchev–Trinajstić information content (AvgIpc) is 3.10. The first-order valence-corrected chi connectivity index (χ1v) is 8.34. The molecule has 0 spiro atoms. The number of aromatic nitrogens is 1.